The summed E-state index contributed by atoms with van der Waals surface area (Å²) in [6, 6.07) is 59.2. The van der Waals surface area contributed by atoms with Crippen molar-refractivity contribution >= 4 is 99.7 Å². The highest BCUT2D eigenvalue weighted by molar-refractivity contribution is 7.26. The molecule has 3 nitrogen and oxygen atoms in total. The third-order valence-corrected chi connectivity index (χ3v) is 14.9. The van der Waals surface area contributed by atoms with Crippen molar-refractivity contribution in [1.29, 1.82) is 0 Å². The fraction of sp³-hybridized carbons (Fsp3) is 0.127. The minimum Gasteiger partial charge on any atom is -0.455 e. The summed E-state index contributed by atoms with van der Waals surface area (Å²) in [4.78, 5) is 5.35. The van der Waals surface area contributed by atoms with Crippen LogP contribution >= 0.6 is 11.3 Å². The molecule has 13 rings (SSSR count). The molecule has 0 radical (unpaired) electrons. The Kier molecular flexibility index (Phi) is 6.75. The number of rotatable bonds is 2. The molecule has 8 aromatic carbocycles. The molecule has 3 aliphatic rings. The number of anilines is 5. The Bertz CT molecular complexity index is 3480. The fourth-order valence-corrected chi connectivity index (χ4v) is 12.1. The second-order valence-corrected chi connectivity index (χ2v) is 19.5. The summed E-state index contributed by atoms with van der Waals surface area (Å²) in [5, 5.41) is 4.88. The summed E-state index contributed by atoms with van der Waals surface area (Å²) in [6.07, 6.45) is 0. The van der Waals surface area contributed by atoms with E-state index in [0.29, 0.717) is 0 Å². The molecule has 0 fully saturated rings. The molecule has 0 saturated heterocycles. The maximum atomic E-state index is 7.08. The quantitative estimate of drug-likeness (QED) is 0.163. The van der Waals surface area contributed by atoms with E-state index in [1.165, 1.54) is 98.5 Å². The second-order valence-electron chi connectivity index (χ2n) is 18.4. The second kappa shape index (κ2) is 11.8. The van der Waals surface area contributed by atoms with Crippen LogP contribution in [0.5, 0.6) is 0 Å². The molecule has 0 saturated carbocycles. The predicted octanol–water partition coefficient (Wildman–Crippen LogP) is 14.3. The van der Waals surface area contributed by atoms with Gasteiger partial charge in [-0.05, 0) is 81.1 Å². The van der Waals surface area contributed by atoms with E-state index in [-0.39, 0.29) is 17.7 Å². The van der Waals surface area contributed by atoms with E-state index in [0.717, 1.165) is 21.9 Å². The molecule has 0 amide bonds. The molecule has 286 valence electrons. The molecule has 10 aromatic rings. The first-order valence-corrected chi connectivity index (χ1v) is 21.9. The lowest BCUT2D eigenvalue weighted by atomic mass is 9.42. The van der Waals surface area contributed by atoms with Crippen molar-refractivity contribution in [2.45, 2.75) is 45.4 Å². The van der Waals surface area contributed by atoms with Gasteiger partial charge in [-0.3, -0.25) is 0 Å². The summed E-state index contributed by atoms with van der Waals surface area (Å²) in [5.74, 6) is 0. The van der Waals surface area contributed by atoms with Crippen LogP contribution in [0.3, 0.4) is 0 Å². The Morgan fingerprint density at radius 1 is 0.583 bits per heavy atom. The fourth-order valence-electron chi connectivity index (χ4n) is 11.0. The van der Waals surface area contributed by atoms with Crippen LogP contribution in [0, 0.1) is 0 Å². The van der Waals surface area contributed by atoms with Gasteiger partial charge < -0.3 is 14.1 Å². The van der Waals surface area contributed by atoms with Gasteiger partial charge in [0, 0.05) is 70.1 Å². The third-order valence-electron chi connectivity index (χ3n) is 13.8. The first-order valence-electron chi connectivity index (χ1n) is 21.1. The Balaban J connectivity index is 1.26. The van der Waals surface area contributed by atoms with E-state index in [2.05, 4.69) is 202 Å². The number of hydrogen-bond donors (Lipinski definition) is 0. The molecule has 0 aliphatic carbocycles. The monoisotopic (exact) mass is 788 g/mol. The third kappa shape index (κ3) is 4.40. The molecule has 0 spiro atoms. The Hall–Kier alpha value is -6.56. The van der Waals surface area contributed by atoms with Gasteiger partial charge in [0.2, 0.25) is 0 Å². The van der Waals surface area contributed by atoms with Crippen molar-refractivity contribution in [3.8, 4) is 22.3 Å². The van der Waals surface area contributed by atoms with Crippen LogP contribution in [0.4, 0.5) is 28.4 Å². The van der Waals surface area contributed by atoms with Gasteiger partial charge in [-0.1, -0.05) is 150 Å². The predicted molar refractivity (Wildman–Crippen MR) is 257 cm³/mol. The Labute approximate surface area is 354 Å². The molecular formula is C55H41BN2OS. The van der Waals surface area contributed by atoms with Crippen molar-refractivity contribution in [1.82, 2.24) is 0 Å². The van der Waals surface area contributed by atoms with Crippen LogP contribution in [0.25, 0.3) is 64.4 Å². The van der Waals surface area contributed by atoms with Gasteiger partial charge in [-0.2, -0.15) is 0 Å². The highest BCUT2D eigenvalue weighted by Gasteiger charge is 2.51. The van der Waals surface area contributed by atoms with Crippen LogP contribution in [-0.2, 0) is 10.8 Å². The lowest BCUT2D eigenvalue weighted by molar-refractivity contribution is 0.590. The largest absolute Gasteiger partial charge is 0.455 e. The molecule has 0 unspecified atom stereocenters. The van der Waals surface area contributed by atoms with Crippen LogP contribution in [-0.4, -0.2) is 6.85 Å². The minimum absolute atomic E-state index is 0.0333. The number of benzene rings is 8. The molecule has 3 aliphatic heterocycles. The normalized spacial score (nSPS) is 14.8. The number of furan rings is 1. The van der Waals surface area contributed by atoms with Crippen molar-refractivity contribution < 1.29 is 4.42 Å². The molecule has 0 atom stereocenters. The number of thiophene rings is 1. The Morgan fingerprint density at radius 2 is 1.33 bits per heavy atom. The summed E-state index contributed by atoms with van der Waals surface area (Å²) < 4.78 is 9.68. The van der Waals surface area contributed by atoms with Gasteiger partial charge in [0.05, 0.1) is 11.4 Å². The first kappa shape index (κ1) is 34.3. The zero-order chi connectivity index (χ0) is 40.2. The van der Waals surface area contributed by atoms with Crippen LogP contribution in [0.2, 0.25) is 0 Å². The highest BCUT2D eigenvalue weighted by Crippen LogP contribution is 2.58. The number of hydrogen-bond acceptors (Lipinski definition) is 4. The Morgan fingerprint density at radius 3 is 2.18 bits per heavy atom. The summed E-state index contributed by atoms with van der Waals surface area (Å²) in [6.45, 7) is 11.6. The van der Waals surface area contributed by atoms with E-state index < -0.39 is 0 Å². The van der Waals surface area contributed by atoms with Crippen molar-refractivity contribution in [2.75, 3.05) is 9.71 Å². The average Bonchev–Trinajstić information content (AvgIpc) is 3.84. The number of nitrogens with zero attached hydrogens (tertiary/aromatic N) is 2. The first-order chi connectivity index (χ1) is 29.2. The smallest absolute Gasteiger partial charge is 0.333 e. The summed E-state index contributed by atoms with van der Waals surface area (Å²) in [5.41, 5.74) is 19.2. The molecule has 0 N–H and O–H groups in total. The number of fused-ring (bicyclic) bond motifs is 14. The van der Waals surface area contributed by atoms with E-state index in [4.69, 9.17) is 4.42 Å². The summed E-state index contributed by atoms with van der Waals surface area (Å²) in [7, 11) is 0. The maximum absolute atomic E-state index is 7.08. The van der Waals surface area contributed by atoms with Crippen molar-refractivity contribution in [2.24, 2.45) is 0 Å². The number of para-hydroxylation sites is 3. The van der Waals surface area contributed by atoms with Gasteiger partial charge in [0.15, 0.2) is 0 Å². The standard InChI is InChI=1S/C55H41BN2OS/c1-54(2,3)33-26-28-42(37(30-33)32-16-7-6-8-17-32)57-44-31-38-34-18-9-13-24-45(34)59-53(38)49-36-20-15-22-40-51(36)58(43-23-12-11-21-39(43)55(40,4)5)56(50(44)49)41-27-29-47-48(52(41)57)35-19-10-14-25-46(35)60-47/h6-31H,1-5H3. The van der Waals surface area contributed by atoms with Gasteiger partial charge in [-0.15, -0.1) is 11.3 Å². The molecule has 5 heteroatoms. The van der Waals surface area contributed by atoms with Crippen LogP contribution in [0.1, 0.15) is 51.3 Å². The van der Waals surface area contributed by atoms with Gasteiger partial charge in [0.1, 0.15) is 11.2 Å². The van der Waals surface area contributed by atoms with Crippen LogP contribution in [0.15, 0.2) is 162 Å². The summed E-state index contributed by atoms with van der Waals surface area (Å²) >= 11 is 1.89. The molecular weight excluding hydrogens is 747 g/mol. The zero-order valence-electron chi connectivity index (χ0n) is 34.3. The van der Waals surface area contributed by atoms with Crippen molar-refractivity contribution in [3.05, 3.63) is 174 Å². The molecule has 5 heterocycles. The van der Waals surface area contributed by atoms with Crippen molar-refractivity contribution in [3.63, 3.8) is 0 Å². The minimum atomic E-state index is -0.211. The van der Waals surface area contributed by atoms with Gasteiger partial charge >= 0.3 is 6.85 Å². The molecule has 2 aromatic heterocycles. The maximum Gasteiger partial charge on any atom is 0.333 e. The van der Waals surface area contributed by atoms with E-state index >= 15 is 0 Å². The molecule has 0 bridgehead atoms. The average molecular weight is 789 g/mol. The zero-order valence-corrected chi connectivity index (χ0v) is 35.1. The SMILES string of the molecule is CC(C)(C)c1ccc(N2c3cc4c(oc5ccccc54)c4c3B(c3ccc5sc6ccccc6c5c32)N2c3ccccc3C(C)(C)c3cccc-4c32)c(-c2ccccc2)c1. The van der Waals surface area contributed by atoms with Crippen LogP contribution < -0.4 is 20.6 Å². The van der Waals surface area contributed by atoms with E-state index in [9.17, 15) is 0 Å². The van der Waals surface area contributed by atoms with E-state index in [1.807, 2.05) is 11.3 Å². The van der Waals surface area contributed by atoms with Gasteiger partial charge in [0.25, 0.3) is 0 Å². The lowest BCUT2D eigenvalue weighted by Crippen LogP contribution is -2.63. The topological polar surface area (TPSA) is 19.6 Å². The lowest BCUT2D eigenvalue weighted by Gasteiger charge is -2.51. The van der Waals surface area contributed by atoms with E-state index in [1.54, 1.807) is 0 Å². The van der Waals surface area contributed by atoms with Gasteiger partial charge in [-0.25, -0.2) is 0 Å². The molecule has 60 heavy (non-hydrogen) atoms. The highest BCUT2D eigenvalue weighted by atomic mass is 32.1.